The molecule has 0 spiro atoms. The predicted molar refractivity (Wildman–Crippen MR) is 128 cm³/mol. The van der Waals surface area contributed by atoms with Gasteiger partial charge in [0.05, 0.1) is 4.90 Å². The average Bonchev–Trinajstić information content (AvgIpc) is 3.27. The van der Waals surface area contributed by atoms with E-state index in [0.717, 1.165) is 12.4 Å². The van der Waals surface area contributed by atoms with Gasteiger partial charge in [-0.15, -0.1) is 0 Å². The third-order valence-corrected chi connectivity index (χ3v) is 6.48. The number of rotatable bonds is 9. The summed E-state index contributed by atoms with van der Waals surface area (Å²) < 4.78 is 29.4. The van der Waals surface area contributed by atoms with Gasteiger partial charge in [-0.2, -0.15) is 0 Å². The summed E-state index contributed by atoms with van der Waals surface area (Å²) in [4.78, 5) is 17.1. The topological polar surface area (TPSA) is 93.1 Å². The predicted octanol–water partition coefficient (Wildman–Crippen LogP) is 3.70. The number of carbonyl (C=O) groups excluding carboxylic acids is 1. The number of nitrogens with zero attached hydrogens (tertiary/aromatic N) is 2. The average molecular weight is 461 g/mol. The number of benzene rings is 3. The molecule has 0 radical (unpaired) electrons. The molecule has 3 aromatic carbocycles. The molecule has 8 heteroatoms. The van der Waals surface area contributed by atoms with Crippen molar-refractivity contribution in [2.75, 3.05) is 11.3 Å². The standard InChI is InChI=1S/C25H24N4O3S/c30-25(27-16-15-24-26-17-18-29(24)19-20-7-3-1-4-8-20)21-11-13-22(14-12-21)28-33(31,32)23-9-5-2-6-10-23/h1-14,17-18,28H,15-16,19H2,(H,27,30). The highest BCUT2D eigenvalue weighted by atomic mass is 32.2. The molecule has 0 unspecified atom stereocenters. The fraction of sp³-hybridized carbons (Fsp3) is 0.120. The lowest BCUT2D eigenvalue weighted by molar-refractivity contribution is 0.0954. The molecular formula is C25H24N4O3S. The van der Waals surface area contributed by atoms with Gasteiger partial charge in [0.15, 0.2) is 0 Å². The molecule has 0 aliphatic carbocycles. The zero-order valence-electron chi connectivity index (χ0n) is 17.9. The summed E-state index contributed by atoms with van der Waals surface area (Å²) in [5, 5.41) is 2.89. The maximum atomic E-state index is 12.5. The first-order valence-electron chi connectivity index (χ1n) is 10.5. The van der Waals surface area contributed by atoms with Crippen LogP contribution >= 0.6 is 0 Å². The second-order valence-electron chi connectivity index (χ2n) is 7.46. The Morgan fingerprint density at radius 3 is 2.24 bits per heavy atom. The zero-order chi connectivity index (χ0) is 23.1. The third-order valence-electron chi connectivity index (χ3n) is 5.08. The van der Waals surface area contributed by atoms with Crippen LogP contribution in [0.5, 0.6) is 0 Å². The minimum absolute atomic E-state index is 0.178. The van der Waals surface area contributed by atoms with E-state index in [1.807, 2.05) is 24.4 Å². The number of carbonyl (C=O) groups is 1. The first-order chi connectivity index (χ1) is 16.0. The fourth-order valence-corrected chi connectivity index (χ4v) is 4.47. The van der Waals surface area contributed by atoms with E-state index in [1.54, 1.807) is 48.7 Å². The Labute approximate surface area is 193 Å². The SMILES string of the molecule is O=C(NCCc1nccn1Cc1ccccc1)c1ccc(NS(=O)(=O)c2ccccc2)cc1. The Morgan fingerprint density at radius 2 is 1.55 bits per heavy atom. The molecule has 2 N–H and O–H groups in total. The third kappa shape index (κ3) is 5.87. The van der Waals surface area contributed by atoms with Gasteiger partial charge in [0.25, 0.3) is 15.9 Å². The summed E-state index contributed by atoms with van der Waals surface area (Å²) >= 11 is 0. The molecule has 168 valence electrons. The first-order valence-corrected chi connectivity index (χ1v) is 12.0. The zero-order valence-corrected chi connectivity index (χ0v) is 18.7. The van der Waals surface area contributed by atoms with E-state index in [1.165, 1.54) is 17.7 Å². The molecule has 0 aliphatic heterocycles. The van der Waals surface area contributed by atoms with Gasteiger partial charge in [0.1, 0.15) is 5.82 Å². The van der Waals surface area contributed by atoms with Crippen molar-refractivity contribution in [3.05, 3.63) is 114 Å². The van der Waals surface area contributed by atoms with Crippen molar-refractivity contribution in [3.63, 3.8) is 0 Å². The first kappa shape index (κ1) is 22.3. The minimum Gasteiger partial charge on any atom is -0.352 e. The van der Waals surface area contributed by atoms with Gasteiger partial charge < -0.3 is 9.88 Å². The van der Waals surface area contributed by atoms with Gasteiger partial charge in [-0.05, 0) is 42.0 Å². The lowest BCUT2D eigenvalue weighted by Crippen LogP contribution is -2.26. The van der Waals surface area contributed by atoms with Crippen molar-refractivity contribution in [2.45, 2.75) is 17.9 Å². The van der Waals surface area contributed by atoms with Crippen LogP contribution in [0.1, 0.15) is 21.7 Å². The van der Waals surface area contributed by atoms with Gasteiger partial charge in [0, 0.05) is 43.2 Å². The van der Waals surface area contributed by atoms with Crippen molar-refractivity contribution in [1.82, 2.24) is 14.9 Å². The van der Waals surface area contributed by atoms with Crippen LogP contribution in [0.15, 0.2) is 102 Å². The van der Waals surface area contributed by atoms with Crippen molar-refractivity contribution in [2.24, 2.45) is 0 Å². The largest absolute Gasteiger partial charge is 0.352 e. The van der Waals surface area contributed by atoms with Crippen LogP contribution in [0.25, 0.3) is 0 Å². The molecular weight excluding hydrogens is 436 g/mol. The van der Waals surface area contributed by atoms with Crippen molar-refractivity contribution >= 4 is 21.6 Å². The minimum atomic E-state index is -3.67. The molecule has 0 saturated carbocycles. The van der Waals surface area contributed by atoms with Crippen LogP contribution in [0.2, 0.25) is 0 Å². The molecule has 4 rings (SSSR count). The van der Waals surface area contributed by atoms with Crippen LogP contribution in [0, 0.1) is 0 Å². The van der Waals surface area contributed by atoms with Gasteiger partial charge >= 0.3 is 0 Å². The Kier molecular flexibility index (Phi) is 6.85. The van der Waals surface area contributed by atoms with Gasteiger partial charge in [-0.1, -0.05) is 48.5 Å². The Morgan fingerprint density at radius 1 is 0.879 bits per heavy atom. The highest BCUT2D eigenvalue weighted by Gasteiger charge is 2.14. The monoisotopic (exact) mass is 460 g/mol. The van der Waals surface area contributed by atoms with Gasteiger partial charge in [-0.3, -0.25) is 9.52 Å². The van der Waals surface area contributed by atoms with Crippen LogP contribution in [0.4, 0.5) is 5.69 Å². The summed E-state index contributed by atoms with van der Waals surface area (Å²) in [5.74, 6) is 0.665. The second kappa shape index (κ2) is 10.1. The molecule has 4 aromatic rings. The van der Waals surface area contributed by atoms with Crippen LogP contribution in [-0.2, 0) is 23.0 Å². The molecule has 33 heavy (non-hydrogen) atoms. The molecule has 0 bridgehead atoms. The lowest BCUT2D eigenvalue weighted by Gasteiger charge is -2.10. The van der Waals surface area contributed by atoms with Gasteiger partial charge in [0.2, 0.25) is 0 Å². The lowest BCUT2D eigenvalue weighted by atomic mass is 10.2. The Balaban J connectivity index is 1.31. The van der Waals surface area contributed by atoms with Crippen molar-refractivity contribution in [1.29, 1.82) is 0 Å². The van der Waals surface area contributed by atoms with E-state index >= 15 is 0 Å². The molecule has 1 aromatic heterocycles. The maximum absolute atomic E-state index is 12.5. The normalized spacial score (nSPS) is 11.2. The summed E-state index contributed by atoms with van der Waals surface area (Å²) in [6.45, 7) is 1.16. The van der Waals surface area contributed by atoms with Crippen molar-refractivity contribution in [3.8, 4) is 0 Å². The number of imidazole rings is 1. The molecule has 0 aliphatic rings. The molecule has 0 fully saturated rings. The van der Waals surface area contributed by atoms with E-state index in [-0.39, 0.29) is 10.8 Å². The summed E-state index contributed by atoms with van der Waals surface area (Å²) in [5.41, 5.74) is 2.02. The number of hydrogen-bond acceptors (Lipinski definition) is 4. The number of hydrogen-bond donors (Lipinski definition) is 2. The molecule has 1 heterocycles. The van der Waals surface area contributed by atoms with Gasteiger partial charge in [-0.25, -0.2) is 13.4 Å². The van der Waals surface area contributed by atoms with Crippen LogP contribution < -0.4 is 10.0 Å². The summed E-state index contributed by atoms with van der Waals surface area (Å²) in [7, 11) is -3.67. The van der Waals surface area contributed by atoms with E-state index in [9.17, 15) is 13.2 Å². The summed E-state index contributed by atoms with van der Waals surface area (Å²) in [6.07, 6.45) is 4.29. The molecule has 0 atom stereocenters. The van der Waals surface area contributed by atoms with Crippen LogP contribution in [0.3, 0.4) is 0 Å². The van der Waals surface area contributed by atoms with E-state index in [4.69, 9.17) is 0 Å². The molecule has 1 amide bonds. The van der Waals surface area contributed by atoms with E-state index in [2.05, 4.69) is 31.7 Å². The number of aromatic nitrogens is 2. The molecule has 0 saturated heterocycles. The number of amides is 1. The summed E-state index contributed by atoms with van der Waals surface area (Å²) in [6, 6.07) is 24.6. The number of sulfonamides is 1. The number of nitrogens with one attached hydrogen (secondary N) is 2. The highest BCUT2D eigenvalue weighted by molar-refractivity contribution is 7.92. The smallest absolute Gasteiger partial charge is 0.261 e. The Bertz CT molecular complexity index is 1300. The quantitative estimate of drug-likeness (QED) is 0.398. The van der Waals surface area contributed by atoms with Crippen LogP contribution in [-0.4, -0.2) is 30.4 Å². The number of anilines is 1. The Hall–Kier alpha value is -3.91. The second-order valence-corrected chi connectivity index (χ2v) is 9.14. The molecule has 7 nitrogen and oxygen atoms in total. The van der Waals surface area contributed by atoms with Crippen molar-refractivity contribution < 1.29 is 13.2 Å². The van der Waals surface area contributed by atoms with E-state index < -0.39 is 10.0 Å². The highest BCUT2D eigenvalue weighted by Crippen LogP contribution is 2.16. The fourth-order valence-electron chi connectivity index (χ4n) is 3.39. The maximum Gasteiger partial charge on any atom is 0.261 e. The van der Waals surface area contributed by atoms with E-state index in [0.29, 0.717) is 24.2 Å².